The van der Waals surface area contributed by atoms with Crippen molar-refractivity contribution in [2.45, 2.75) is 32.2 Å². The van der Waals surface area contributed by atoms with Crippen molar-refractivity contribution in [1.29, 1.82) is 0 Å². The van der Waals surface area contributed by atoms with Crippen molar-refractivity contribution >= 4 is 0 Å². The second-order valence-electron chi connectivity index (χ2n) is 4.55. The Morgan fingerprint density at radius 3 is 3.25 bits per heavy atom. The first-order valence-electron chi connectivity index (χ1n) is 6.17. The standard InChI is InChI=1S/C12H21N3O/c13-5-1-3-11-7-14-15(8-11)9-12-4-2-6-16-10-12/h7-8,12H,1-6,9-10,13H2/t12-/m0/s1. The zero-order valence-corrected chi connectivity index (χ0v) is 9.77. The fourth-order valence-electron chi connectivity index (χ4n) is 2.16. The molecule has 1 saturated heterocycles. The highest BCUT2D eigenvalue weighted by Crippen LogP contribution is 2.15. The number of rotatable bonds is 5. The van der Waals surface area contributed by atoms with Gasteiger partial charge in [0.25, 0.3) is 0 Å². The summed E-state index contributed by atoms with van der Waals surface area (Å²) in [6.07, 6.45) is 8.63. The summed E-state index contributed by atoms with van der Waals surface area (Å²) in [6.45, 7) is 3.56. The van der Waals surface area contributed by atoms with Crippen LogP contribution in [0.4, 0.5) is 0 Å². The maximum atomic E-state index is 5.49. The molecule has 1 aliphatic heterocycles. The molecular weight excluding hydrogens is 202 g/mol. The monoisotopic (exact) mass is 223 g/mol. The predicted octanol–water partition coefficient (Wildman–Crippen LogP) is 1.20. The second kappa shape index (κ2) is 6.01. The minimum atomic E-state index is 0.635. The zero-order valence-electron chi connectivity index (χ0n) is 9.77. The van der Waals surface area contributed by atoms with E-state index in [0.29, 0.717) is 5.92 Å². The third kappa shape index (κ3) is 3.32. The van der Waals surface area contributed by atoms with Crippen LogP contribution in [0.1, 0.15) is 24.8 Å². The molecule has 2 N–H and O–H groups in total. The van der Waals surface area contributed by atoms with Gasteiger partial charge in [-0.25, -0.2) is 0 Å². The topological polar surface area (TPSA) is 53.1 Å². The van der Waals surface area contributed by atoms with Gasteiger partial charge in [-0.2, -0.15) is 5.10 Å². The molecule has 4 nitrogen and oxygen atoms in total. The van der Waals surface area contributed by atoms with E-state index in [0.717, 1.165) is 39.1 Å². The van der Waals surface area contributed by atoms with Crippen LogP contribution in [-0.2, 0) is 17.7 Å². The minimum absolute atomic E-state index is 0.635. The molecule has 0 bridgehead atoms. The van der Waals surface area contributed by atoms with Gasteiger partial charge in [-0.3, -0.25) is 4.68 Å². The van der Waals surface area contributed by atoms with Crippen LogP contribution in [-0.4, -0.2) is 29.5 Å². The molecule has 0 unspecified atom stereocenters. The Morgan fingerprint density at radius 1 is 1.56 bits per heavy atom. The summed E-state index contributed by atoms with van der Waals surface area (Å²) in [5.41, 5.74) is 6.78. The highest BCUT2D eigenvalue weighted by molar-refractivity contribution is 5.03. The maximum absolute atomic E-state index is 5.49. The highest BCUT2D eigenvalue weighted by atomic mass is 16.5. The fraction of sp³-hybridized carbons (Fsp3) is 0.750. The number of aryl methyl sites for hydroxylation is 1. The Bertz CT molecular complexity index is 305. The Labute approximate surface area is 96.8 Å². The first kappa shape index (κ1) is 11.6. The van der Waals surface area contributed by atoms with Crippen LogP contribution >= 0.6 is 0 Å². The molecule has 0 radical (unpaired) electrons. The smallest absolute Gasteiger partial charge is 0.0521 e. The molecule has 90 valence electrons. The quantitative estimate of drug-likeness (QED) is 0.816. The van der Waals surface area contributed by atoms with E-state index < -0.39 is 0 Å². The molecule has 1 fully saturated rings. The van der Waals surface area contributed by atoms with Crippen molar-refractivity contribution in [2.24, 2.45) is 11.7 Å². The molecule has 4 heteroatoms. The van der Waals surface area contributed by atoms with Gasteiger partial charge >= 0.3 is 0 Å². The van der Waals surface area contributed by atoms with Crippen LogP contribution in [0.15, 0.2) is 12.4 Å². The van der Waals surface area contributed by atoms with Crippen molar-refractivity contribution in [2.75, 3.05) is 19.8 Å². The number of nitrogens with two attached hydrogens (primary N) is 1. The molecule has 2 rings (SSSR count). The fourth-order valence-corrected chi connectivity index (χ4v) is 2.16. The highest BCUT2D eigenvalue weighted by Gasteiger charge is 2.14. The molecule has 16 heavy (non-hydrogen) atoms. The third-order valence-electron chi connectivity index (χ3n) is 3.06. The Kier molecular flexibility index (Phi) is 4.36. The average molecular weight is 223 g/mol. The number of hydrogen-bond acceptors (Lipinski definition) is 3. The molecule has 1 aliphatic rings. The predicted molar refractivity (Wildman–Crippen MR) is 63.1 cm³/mol. The third-order valence-corrected chi connectivity index (χ3v) is 3.06. The van der Waals surface area contributed by atoms with Crippen LogP contribution in [0, 0.1) is 5.92 Å². The molecule has 1 aromatic rings. The van der Waals surface area contributed by atoms with Crippen molar-refractivity contribution in [3.63, 3.8) is 0 Å². The second-order valence-corrected chi connectivity index (χ2v) is 4.55. The molecule has 0 amide bonds. The summed E-state index contributed by atoms with van der Waals surface area (Å²) in [6, 6.07) is 0. The van der Waals surface area contributed by atoms with Gasteiger partial charge < -0.3 is 10.5 Å². The average Bonchev–Trinajstić information content (AvgIpc) is 2.75. The summed E-state index contributed by atoms with van der Waals surface area (Å²) < 4.78 is 7.52. The van der Waals surface area contributed by atoms with Crippen molar-refractivity contribution < 1.29 is 4.74 Å². The first-order valence-corrected chi connectivity index (χ1v) is 6.17. The van der Waals surface area contributed by atoms with E-state index >= 15 is 0 Å². The molecular formula is C12H21N3O. The summed E-state index contributed by atoms with van der Waals surface area (Å²) in [5.74, 6) is 0.635. The van der Waals surface area contributed by atoms with Gasteiger partial charge in [0.1, 0.15) is 0 Å². The van der Waals surface area contributed by atoms with Gasteiger partial charge in [0.2, 0.25) is 0 Å². The summed E-state index contributed by atoms with van der Waals surface area (Å²) in [4.78, 5) is 0. The van der Waals surface area contributed by atoms with Gasteiger partial charge in [0.05, 0.1) is 12.8 Å². The number of nitrogens with zero attached hydrogens (tertiary/aromatic N) is 2. The van der Waals surface area contributed by atoms with Gasteiger partial charge in [-0.05, 0) is 37.8 Å². The lowest BCUT2D eigenvalue weighted by Crippen LogP contribution is -2.22. The van der Waals surface area contributed by atoms with E-state index in [2.05, 4.69) is 11.3 Å². The lowest BCUT2D eigenvalue weighted by atomic mass is 10.0. The van der Waals surface area contributed by atoms with Gasteiger partial charge in [0.15, 0.2) is 0 Å². The number of aromatic nitrogens is 2. The lowest BCUT2D eigenvalue weighted by molar-refractivity contribution is 0.0470. The van der Waals surface area contributed by atoms with Crippen LogP contribution in [0.25, 0.3) is 0 Å². The molecule has 2 heterocycles. The number of ether oxygens (including phenoxy) is 1. The Balaban J connectivity index is 1.81. The SMILES string of the molecule is NCCCc1cnn(C[C@@H]2CCCOC2)c1. The lowest BCUT2D eigenvalue weighted by Gasteiger charge is -2.21. The van der Waals surface area contributed by atoms with Gasteiger partial charge in [-0.15, -0.1) is 0 Å². The summed E-state index contributed by atoms with van der Waals surface area (Å²) in [5, 5.41) is 4.38. The van der Waals surface area contributed by atoms with E-state index in [4.69, 9.17) is 10.5 Å². The molecule has 0 spiro atoms. The van der Waals surface area contributed by atoms with E-state index in [-0.39, 0.29) is 0 Å². The summed E-state index contributed by atoms with van der Waals surface area (Å²) >= 11 is 0. The minimum Gasteiger partial charge on any atom is -0.381 e. The van der Waals surface area contributed by atoms with Gasteiger partial charge in [0, 0.05) is 25.3 Å². The Hall–Kier alpha value is -0.870. The largest absolute Gasteiger partial charge is 0.381 e. The zero-order chi connectivity index (χ0) is 11.2. The maximum Gasteiger partial charge on any atom is 0.0521 e. The molecule has 0 saturated carbocycles. The van der Waals surface area contributed by atoms with Crippen molar-refractivity contribution in [3.8, 4) is 0 Å². The van der Waals surface area contributed by atoms with Crippen LogP contribution in [0.3, 0.4) is 0 Å². The van der Waals surface area contributed by atoms with E-state index in [1.165, 1.54) is 18.4 Å². The van der Waals surface area contributed by atoms with Crippen LogP contribution in [0.5, 0.6) is 0 Å². The normalized spacial score (nSPS) is 21.2. The molecule has 1 atom stereocenters. The molecule has 0 aliphatic carbocycles. The van der Waals surface area contributed by atoms with Crippen LogP contribution in [0.2, 0.25) is 0 Å². The van der Waals surface area contributed by atoms with E-state index in [9.17, 15) is 0 Å². The van der Waals surface area contributed by atoms with Crippen LogP contribution < -0.4 is 5.73 Å². The van der Waals surface area contributed by atoms with Gasteiger partial charge in [-0.1, -0.05) is 0 Å². The summed E-state index contributed by atoms with van der Waals surface area (Å²) in [7, 11) is 0. The molecule has 1 aromatic heterocycles. The van der Waals surface area contributed by atoms with E-state index in [1.54, 1.807) is 0 Å². The van der Waals surface area contributed by atoms with E-state index in [1.807, 2.05) is 10.9 Å². The molecule has 0 aromatic carbocycles. The Morgan fingerprint density at radius 2 is 2.50 bits per heavy atom. The van der Waals surface area contributed by atoms with Crippen molar-refractivity contribution in [3.05, 3.63) is 18.0 Å². The first-order chi connectivity index (χ1) is 7.88. The van der Waals surface area contributed by atoms with Crippen molar-refractivity contribution in [1.82, 2.24) is 9.78 Å². The number of hydrogen-bond donors (Lipinski definition) is 1.